The summed E-state index contributed by atoms with van der Waals surface area (Å²) in [4.78, 5) is 0. The first kappa shape index (κ1) is 14.3. The summed E-state index contributed by atoms with van der Waals surface area (Å²) in [6.07, 6.45) is 10.8. The molecule has 0 aromatic rings. The minimum absolute atomic E-state index is 0.368. The van der Waals surface area contributed by atoms with Crippen LogP contribution >= 0.6 is 15.8 Å². The average molecular weight is 272 g/mol. The smallest absolute Gasteiger partial charge is 0.0235 e. The minimum Gasteiger partial charge on any atom is -0.101 e. The third kappa shape index (κ3) is 3.45. The Labute approximate surface area is 111 Å². The second kappa shape index (κ2) is 6.34. The van der Waals surface area contributed by atoms with Crippen LogP contribution in [-0.4, -0.2) is 35.0 Å². The Bertz CT molecular complexity index is 221. The van der Waals surface area contributed by atoms with Crippen LogP contribution in [0.1, 0.15) is 59.8 Å². The summed E-state index contributed by atoms with van der Waals surface area (Å²) in [7, 11) is 0.753. The topological polar surface area (TPSA) is 0 Å². The van der Waals surface area contributed by atoms with E-state index in [4.69, 9.17) is 0 Å². The lowest BCUT2D eigenvalue weighted by molar-refractivity contribution is 0.624. The van der Waals surface area contributed by atoms with Gasteiger partial charge in [-0.3, -0.25) is 0 Å². The largest absolute Gasteiger partial charge is 0.101 e. The normalized spacial score (nSPS) is 40.9. The molecule has 2 fully saturated rings. The SMILES string of the molecule is C[C@@H]1CC[C@@H](C)P1CCP1[C@@H](C)CCC[C@@H]1C. The Morgan fingerprint density at radius 2 is 1.00 bits per heavy atom. The molecule has 0 saturated carbocycles. The Morgan fingerprint density at radius 3 is 1.41 bits per heavy atom. The van der Waals surface area contributed by atoms with E-state index in [9.17, 15) is 0 Å². The van der Waals surface area contributed by atoms with Crippen LogP contribution in [0.2, 0.25) is 0 Å². The Morgan fingerprint density at radius 1 is 0.647 bits per heavy atom. The molecule has 0 N–H and O–H groups in total. The highest BCUT2D eigenvalue weighted by molar-refractivity contribution is 7.63. The number of hydrogen-bond donors (Lipinski definition) is 0. The van der Waals surface area contributed by atoms with E-state index in [1.54, 1.807) is 12.3 Å². The molecule has 100 valence electrons. The maximum atomic E-state index is 2.54. The molecule has 0 spiro atoms. The molecule has 2 heterocycles. The highest BCUT2D eigenvalue weighted by Gasteiger charge is 2.32. The van der Waals surface area contributed by atoms with Crippen molar-refractivity contribution in [3.63, 3.8) is 0 Å². The van der Waals surface area contributed by atoms with Crippen molar-refractivity contribution in [3.8, 4) is 0 Å². The van der Waals surface area contributed by atoms with E-state index in [0.717, 1.165) is 22.6 Å². The maximum Gasteiger partial charge on any atom is -0.0235 e. The van der Waals surface area contributed by atoms with Crippen LogP contribution in [0, 0.1) is 0 Å². The first-order valence-electron chi connectivity index (χ1n) is 7.61. The second-order valence-corrected chi connectivity index (χ2v) is 12.9. The summed E-state index contributed by atoms with van der Waals surface area (Å²) in [5.74, 6) is 0. The lowest BCUT2D eigenvalue weighted by Crippen LogP contribution is -2.19. The van der Waals surface area contributed by atoms with E-state index in [2.05, 4.69) is 27.7 Å². The van der Waals surface area contributed by atoms with Crippen molar-refractivity contribution in [2.24, 2.45) is 0 Å². The zero-order valence-corrected chi connectivity index (χ0v) is 13.9. The van der Waals surface area contributed by atoms with Crippen LogP contribution in [0.5, 0.6) is 0 Å². The minimum atomic E-state index is 0.368. The zero-order valence-electron chi connectivity index (χ0n) is 12.2. The fourth-order valence-corrected chi connectivity index (χ4v) is 11.2. The molecule has 0 unspecified atom stereocenters. The molecule has 0 amide bonds. The van der Waals surface area contributed by atoms with Crippen molar-refractivity contribution in [3.05, 3.63) is 0 Å². The van der Waals surface area contributed by atoms with Crippen LogP contribution < -0.4 is 0 Å². The van der Waals surface area contributed by atoms with Crippen molar-refractivity contribution in [1.82, 2.24) is 0 Å². The predicted octanol–water partition coefficient (Wildman–Crippen LogP) is 5.48. The van der Waals surface area contributed by atoms with Gasteiger partial charge in [0.05, 0.1) is 0 Å². The van der Waals surface area contributed by atoms with Crippen molar-refractivity contribution < 1.29 is 0 Å². The molecule has 0 radical (unpaired) electrons. The van der Waals surface area contributed by atoms with Gasteiger partial charge >= 0.3 is 0 Å². The molecule has 0 nitrogen and oxygen atoms in total. The molecule has 0 aromatic carbocycles. The summed E-state index contributed by atoms with van der Waals surface area (Å²) < 4.78 is 0. The Hall–Kier alpha value is 0.860. The molecule has 0 aliphatic carbocycles. The van der Waals surface area contributed by atoms with Gasteiger partial charge in [0.25, 0.3) is 0 Å². The molecule has 17 heavy (non-hydrogen) atoms. The quantitative estimate of drug-likeness (QED) is 0.597. The summed E-state index contributed by atoms with van der Waals surface area (Å²) in [6, 6.07) is 0. The standard InChI is InChI=1S/C15H30P2/c1-12-6-5-7-13(2)16(12)10-11-17-14(3)8-9-15(17)4/h12-15H,5-11H2,1-4H3/t12-,13-,14+,15+/m0/s1. The molecule has 0 aromatic heterocycles. The van der Waals surface area contributed by atoms with Crippen molar-refractivity contribution in [1.29, 1.82) is 0 Å². The molecule has 4 atom stereocenters. The van der Waals surface area contributed by atoms with Gasteiger partial charge in [-0.25, -0.2) is 0 Å². The van der Waals surface area contributed by atoms with Crippen molar-refractivity contribution in [2.75, 3.05) is 12.3 Å². The van der Waals surface area contributed by atoms with Crippen LogP contribution in [0.25, 0.3) is 0 Å². The third-order valence-electron chi connectivity index (χ3n) is 5.13. The van der Waals surface area contributed by atoms with Gasteiger partial charge in [-0.1, -0.05) is 34.1 Å². The van der Waals surface area contributed by atoms with Crippen molar-refractivity contribution >= 4 is 15.8 Å². The summed E-state index contributed by atoms with van der Waals surface area (Å²) in [5, 5.41) is 0. The first-order chi connectivity index (χ1) is 8.09. The van der Waals surface area contributed by atoms with Crippen LogP contribution in [0.15, 0.2) is 0 Å². The molecular formula is C15H30P2. The molecule has 2 aliphatic heterocycles. The molecule has 2 saturated heterocycles. The molecular weight excluding hydrogens is 242 g/mol. The molecule has 2 heteroatoms. The van der Waals surface area contributed by atoms with Gasteiger partial charge in [0.2, 0.25) is 0 Å². The summed E-state index contributed by atoms with van der Waals surface area (Å²) >= 11 is 0. The van der Waals surface area contributed by atoms with Crippen molar-refractivity contribution in [2.45, 2.75) is 82.4 Å². The Kier molecular flexibility index (Phi) is 5.32. The summed E-state index contributed by atoms with van der Waals surface area (Å²) in [5.41, 5.74) is 4.28. The highest BCUT2D eigenvalue weighted by Crippen LogP contribution is 2.59. The van der Waals surface area contributed by atoms with E-state index in [1.807, 2.05) is 0 Å². The van der Waals surface area contributed by atoms with Gasteiger partial charge in [-0.05, 0) is 60.6 Å². The fourth-order valence-electron chi connectivity index (χ4n) is 3.84. The van der Waals surface area contributed by atoms with Crippen LogP contribution in [0.4, 0.5) is 0 Å². The van der Waals surface area contributed by atoms with E-state index in [1.165, 1.54) is 32.1 Å². The zero-order chi connectivity index (χ0) is 12.4. The second-order valence-electron chi connectivity index (χ2n) is 6.38. The third-order valence-corrected chi connectivity index (χ3v) is 12.5. The number of hydrogen-bond acceptors (Lipinski definition) is 0. The van der Waals surface area contributed by atoms with Crippen LogP contribution in [-0.2, 0) is 0 Å². The lowest BCUT2D eigenvalue weighted by atomic mass is 10.1. The fraction of sp³-hybridized carbons (Fsp3) is 1.00. The van der Waals surface area contributed by atoms with E-state index in [0.29, 0.717) is 15.8 Å². The molecule has 0 bridgehead atoms. The Balaban J connectivity index is 1.84. The molecule has 2 rings (SSSR count). The van der Waals surface area contributed by atoms with Crippen LogP contribution in [0.3, 0.4) is 0 Å². The van der Waals surface area contributed by atoms with Gasteiger partial charge in [-0.2, -0.15) is 0 Å². The highest BCUT2D eigenvalue weighted by atomic mass is 31.1. The van der Waals surface area contributed by atoms with E-state index < -0.39 is 0 Å². The summed E-state index contributed by atoms with van der Waals surface area (Å²) in [6.45, 7) is 10.1. The lowest BCUT2D eigenvalue weighted by Gasteiger charge is -2.36. The predicted molar refractivity (Wildman–Crippen MR) is 84.5 cm³/mol. The maximum absolute atomic E-state index is 2.54. The monoisotopic (exact) mass is 272 g/mol. The molecule has 2 aliphatic rings. The van der Waals surface area contributed by atoms with E-state index in [-0.39, 0.29) is 0 Å². The van der Waals surface area contributed by atoms with E-state index >= 15 is 0 Å². The number of rotatable bonds is 3. The van der Waals surface area contributed by atoms with Gasteiger partial charge < -0.3 is 0 Å². The van der Waals surface area contributed by atoms with Gasteiger partial charge in [-0.15, -0.1) is 15.8 Å². The van der Waals surface area contributed by atoms with Gasteiger partial charge in [0.1, 0.15) is 0 Å². The average Bonchev–Trinajstić information content (AvgIpc) is 2.59. The first-order valence-corrected chi connectivity index (χ1v) is 10.9. The van der Waals surface area contributed by atoms with Gasteiger partial charge in [0, 0.05) is 0 Å². The van der Waals surface area contributed by atoms with Gasteiger partial charge in [0.15, 0.2) is 0 Å².